The quantitative estimate of drug-likeness (QED) is 0.672. The number of halogens is 1. The van der Waals surface area contributed by atoms with Crippen molar-refractivity contribution in [1.29, 1.82) is 0 Å². The molecule has 112 valence electrons. The Bertz CT molecular complexity index is 741. The summed E-state index contributed by atoms with van der Waals surface area (Å²) in [6.07, 6.45) is 3.52. The molecular formula is C16H15FN4S. The smallest absolute Gasteiger partial charge is 0.191 e. The first kappa shape index (κ1) is 14.7. The normalized spacial score (nSPS) is 10.8. The van der Waals surface area contributed by atoms with E-state index in [0.29, 0.717) is 0 Å². The second-order valence-electron chi connectivity index (χ2n) is 4.71. The highest BCUT2D eigenvalue weighted by molar-refractivity contribution is 7.98. The molecule has 0 aliphatic carbocycles. The molecule has 2 aromatic heterocycles. The third kappa shape index (κ3) is 3.17. The summed E-state index contributed by atoms with van der Waals surface area (Å²) in [5.74, 6) is 1.33. The first-order valence-electron chi connectivity index (χ1n) is 6.98. The number of hydrogen-bond donors (Lipinski definition) is 0. The van der Waals surface area contributed by atoms with E-state index in [4.69, 9.17) is 0 Å². The molecule has 0 spiro atoms. The van der Waals surface area contributed by atoms with Gasteiger partial charge in [-0.3, -0.25) is 4.98 Å². The lowest BCUT2D eigenvalue weighted by atomic mass is 10.2. The lowest BCUT2D eigenvalue weighted by Gasteiger charge is -2.07. The van der Waals surface area contributed by atoms with E-state index in [0.717, 1.165) is 34.4 Å². The molecule has 0 aliphatic heterocycles. The number of benzene rings is 1. The van der Waals surface area contributed by atoms with E-state index in [2.05, 4.69) is 26.7 Å². The molecule has 0 fully saturated rings. The fourth-order valence-corrected chi connectivity index (χ4v) is 3.08. The summed E-state index contributed by atoms with van der Waals surface area (Å²) in [5, 5.41) is 9.40. The molecule has 4 nitrogen and oxygen atoms in total. The van der Waals surface area contributed by atoms with Crippen LogP contribution in [0.1, 0.15) is 12.5 Å². The van der Waals surface area contributed by atoms with E-state index < -0.39 is 0 Å². The van der Waals surface area contributed by atoms with Gasteiger partial charge >= 0.3 is 0 Å². The van der Waals surface area contributed by atoms with E-state index in [-0.39, 0.29) is 5.82 Å². The van der Waals surface area contributed by atoms with Gasteiger partial charge in [-0.15, -0.1) is 10.2 Å². The Labute approximate surface area is 132 Å². The highest BCUT2D eigenvalue weighted by atomic mass is 32.2. The van der Waals surface area contributed by atoms with Crippen molar-refractivity contribution in [3.8, 4) is 11.4 Å². The average molecular weight is 314 g/mol. The van der Waals surface area contributed by atoms with Gasteiger partial charge in [-0.1, -0.05) is 23.9 Å². The molecule has 0 saturated carbocycles. The highest BCUT2D eigenvalue weighted by Crippen LogP contribution is 2.25. The largest absolute Gasteiger partial charge is 0.302 e. The second kappa shape index (κ2) is 6.70. The van der Waals surface area contributed by atoms with Crippen LogP contribution in [0.5, 0.6) is 0 Å². The van der Waals surface area contributed by atoms with Gasteiger partial charge in [0.2, 0.25) is 0 Å². The number of hydrogen-bond acceptors (Lipinski definition) is 4. The van der Waals surface area contributed by atoms with Crippen molar-refractivity contribution in [3.05, 3.63) is 60.2 Å². The summed E-state index contributed by atoms with van der Waals surface area (Å²) in [5.41, 5.74) is 2.01. The monoisotopic (exact) mass is 314 g/mol. The maximum Gasteiger partial charge on any atom is 0.191 e. The molecule has 0 aliphatic rings. The van der Waals surface area contributed by atoms with Crippen molar-refractivity contribution in [1.82, 2.24) is 19.7 Å². The average Bonchev–Trinajstić information content (AvgIpc) is 2.98. The third-order valence-corrected chi connectivity index (χ3v) is 4.27. The van der Waals surface area contributed by atoms with Gasteiger partial charge in [-0.2, -0.15) is 0 Å². The SMILES string of the molecule is CCn1c(SCc2ccc(F)cc2)nnc1-c1cccnc1. The van der Waals surface area contributed by atoms with Crippen molar-refractivity contribution in [3.63, 3.8) is 0 Å². The molecule has 0 bridgehead atoms. The Kier molecular flexibility index (Phi) is 4.48. The minimum atomic E-state index is -0.218. The predicted octanol–water partition coefficient (Wildman–Crippen LogP) is 3.79. The molecule has 1 aromatic carbocycles. The van der Waals surface area contributed by atoms with Crippen LogP contribution < -0.4 is 0 Å². The van der Waals surface area contributed by atoms with E-state index in [1.54, 1.807) is 36.3 Å². The zero-order valence-electron chi connectivity index (χ0n) is 12.1. The maximum absolute atomic E-state index is 12.9. The van der Waals surface area contributed by atoms with Crippen LogP contribution in [0.4, 0.5) is 4.39 Å². The Morgan fingerprint density at radius 2 is 1.95 bits per heavy atom. The topological polar surface area (TPSA) is 43.6 Å². The van der Waals surface area contributed by atoms with Crippen molar-refractivity contribution in [2.45, 2.75) is 24.4 Å². The van der Waals surface area contributed by atoms with Crippen LogP contribution in [0.2, 0.25) is 0 Å². The third-order valence-electron chi connectivity index (χ3n) is 3.23. The zero-order chi connectivity index (χ0) is 15.4. The van der Waals surface area contributed by atoms with Crippen molar-refractivity contribution in [2.24, 2.45) is 0 Å². The summed E-state index contributed by atoms with van der Waals surface area (Å²) in [4.78, 5) is 4.12. The van der Waals surface area contributed by atoms with Crippen LogP contribution >= 0.6 is 11.8 Å². The Morgan fingerprint density at radius 3 is 2.64 bits per heavy atom. The van der Waals surface area contributed by atoms with Crippen molar-refractivity contribution in [2.75, 3.05) is 0 Å². The molecule has 0 atom stereocenters. The molecule has 3 rings (SSSR count). The molecule has 0 amide bonds. The van der Waals surface area contributed by atoms with E-state index in [1.165, 1.54) is 12.1 Å². The Hall–Kier alpha value is -2.21. The summed E-state index contributed by atoms with van der Waals surface area (Å²) in [7, 11) is 0. The first-order chi connectivity index (χ1) is 10.8. The van der Waals surface area contributed by atoms with Crippen molar-refractivity contribution < 1.29 is 4.39 Å². The molecule has 22 heavy (non-hydrogen) atoms. The number of pyridine rings is 1. The van der Waals surface area contributed by atoms with Gasteiger partial charge in [0.25, 0.3) is 0 Å². The van der Waals surface area contributed by atoms with Crippen molar-refractivity contribution >= 4 is 11.8 Å². The van der Waals surface area contributed by atoms with E-state index in [1.807, 2.05) is 12.1 Å². The lowest BCUT2D eigenvalue weighted by Crippen LogP contribution is -2.00. The minimum Gasteiger partial charge on any atom is -0.302 e. The van der Waals surface area contributed by atoms with Gasteiger partial charge in [0, 0.05) is 30.3 Å². The number of nitrogens with zero attached hydrogens (tertiary/aromatic N) is 4. The van der Waals surface area contributed by atoms with Crippen LogP contribution in [0.3, 0.4) is 0 Å². The predicted molar refractivity (Wildman–Crippen MR) is 84.9 cm³/mol. The van der Waals surface area contributed by atoms with Gasteiger partial charge in [0.15, 0.2) is 11.0 Å². The molecule has 0 radical (unpaired) electrons. The van der Waals surface area contributed by atoms with Crippen LogP contribution in [-0.4, -0.2) is 19.7 Å². The fraction of sp³-hybridized carbons (Fsp3) is 0.188. The number of aromatic nitrogens is 4. The van der Waals surface area contributed by atoms with Crippen LogP contribution in [0.15, 0.2) is 53.9 Å². The molecule has 0 unspecified atom stereocenters. The second-order valence-corrected chi connectivity index (χ2v) is 5.65. The molecule has 0 N–H and O–H groups in total. The first-order valence-corrected chi connectivity index (χ1v) is 7.97. The number of rotatable bonds is 5. The molecule has 6 heteroatoms. The summed E-state index contributed by atoms with van der Waals surface area (Å²) in [6.45, 7) is 2.84. The van der Waals surface area contributed by atoms with E-state index >= 15 is 0 Å². The summed E-state index contributed by atoms with van der Waals surface area (Å²) < 4.78 is 15.0. The van der Waals surface area contributed by atoms with Crippen LogP contribution in [0.25, 0.3) is 11.4 Å². The zero-order valence-corrected chi connectivity index (χ0v) is 12.9. The fourth-order valence-electron chi connectivity index (χ4n) is 2.12. The Balaban J connectivity index is 1.80. The molecule has 3 aromatic rings. The molecule has 2 heterocycles. The van der Waals surface area contributed by atoms with Crippen LogP contribution in [0, 0.1) is 5.82 Å². The summed E-state index contributed by atoms with van der Waals surface area (Å²) in [6, 6.07) is 10.4. The summed E-state index contributed by atoms with van der Waals surface area (Å²) >= 11 is 1.59. The molecule has 0 saturated heterocycles. The van der Waals surface area contributed by atoms with Crippen LogP contribution in [-0.2, 0) is 12.3 Å². The van der Waals surface area contributed by atoms with Gasteiger partial charge in [-0.25, -0.2) is 4.39 Å². The lowest BCUT2D eigenvalue weighted by molar-refractivity contribution is 0.627. The molecular weight excluding hydrogens is 299 g/mol. The van der Waals surface area contributed by atoms with Gasteiger partial charge in [0.05, 0.1) is 0 Å². The van der Waals surface area contributed by atoms with E-state index in [9.17, 15) is 4.39 Å². The standard InChI is InChI=1S/C16H15FN4S/c1-2-21-15(13-4-3-9-18-10-13)19-20-16(21)22-11-12-5-7-14(17)8-6-12/h3-10H,2,11H2,1H3. The Morgan fingerprint density at radius 1 is 1.14 bits per heavy atom. The maximum atomic E-state index is 12.9. The minimum absolute atomic E-state index is 0.218. The number of thioether (sulfide) groups is 1. The van der Waals surface area contributed by atoms with Gasteiger partial charge < -0.3 is 4.57 Å². The van der Waals surface area contributed by atoms with Gasteiger partial charge in [0.1, 0.15) is 5.82 Å². The van der Waals surface area contributed by atoms with Gasteiger partial charge in [-0.05, 0) is 36.8 Å². The highest BCUT2D eigenvalue weighted by Gasteiger charge is 2.13.